The first-order chi connectivity index (χ1) is 6.75. The number of thiazole rings is 1. The van der Waals surface area contributed by atoms with Crippen LogP contribution in [0.4, 0.5) is 4.79 Å². The van der Waals surface area contributed by atoms with Crippen LogP contribution in [0.3, 0.4) is 0 Å². The van der Waals surface area contributed by atoms with Gasteiger partial charge in [0, 0.05) is 0 Å². The summed E-state index contributed by atoms with van der Waals surface area (Å²) in [4.78, 5) is 14.5. The molecule has 1 heterocycles. The molecule has 0 bridgehead atoms. The van der Waals surface area contributed by atoms with Crippen molar-refractivity contribution in [1.29, 1.82) is 0 Å². The number of carbonyl (C=O) groups is 1. The van der Waals surface area contributed by atoms with E-state index in [0.717, 1.165) is 15.2 Å². The monoisotopic (exact) mass is 208 g/mol. The normalized spacial score (nSPS) is 10.3. The minimum absolute atomic E-state index is 0.272. The number of nitrogens with zero attached hydrogens (tertiary/aromatic N) is 1. The van der Waals surface area contributed by atoms with Crippen molar-refractivity contribution in [3.63, 3.8) is 0 Å². The quantitative estimate of drug-likeness (QED) is 0.794. The molecule has 1 aromatic heterocycles. The zero-order valence-corrected chi connectivity index (χ0v) is 8.04. The summed E-state index contributed by atoms with van der Waals surface area (Å²) < 4.78 is 1.08. The van der Waals surface area contributed by atoms with E-state index in [4.69, 9.17) is 5.11 Å². The first kappa shape index (κ1) is 8.96. The SMILES string of the molecule is O=C(O)NCc1nc2ccccc2s1. The Hall–Kier alpha value is -1.62. The number of para-hydroxylation sites is 1. The van der Waals surface area contributed by atoms with Crippen LogP contribution < -0.4 is 5.32 Å². The zero-order chi connectivity index (χ0) is 9.97. The highest BCUT2D eigenvalue weighted by Crippen LogP contribution is 2.20. The van der Waals surface area contributed by atoms with Gasteiger partial charge in [0.2, 0.25) is 0 Å². The fraction of sp³-hybridized carbons (Fsp3) is 0.111. The molecule has 0 unspecified atom stereocenters. The minimum Gasteiger partial charge on any atom is -0.465 e. The molecule has 0 aliphatic rings. The minimum atomic E-state index is -1.02. The molecule has 4 nitrogen and oxygen atoms in total. The lowest BCUT2D eigenvalue weighted by Gasteiger charge is -1.93. The predicted molar refractivity (Wildman–Crippen MR) is 54.5 cm³/mol. The summed E-state index contributed by atoms with van der Waals surface area (Å²) in [5, 5.41) is 11.5. The van der Waals surface area contributed by atoms with E-state index >= 15 is 0 Å². The molecule has 2 rings (SSSR count). The molecule has 0 spiro atoms. The molecule has 0 atom stereocenters. The lowest BCUT2D eigenvalue weighted by atomic mass is 10.3. The van der Waals surface area contributed by atoms with Crippen LogP contribution in [0.5, 0.6) is 0 Å². The van der Waals surface area contributed by atoms with E-state index in [0.29, 0.717) is 0 Å². The van der Waals surface area contributed by atoms with Gasteiger partial charge >= 0.3 is 6.09 Å². The average molecular weight is 208 g/mol. The first-order valence-electron chi connectivity index (χ1n) is 4.07. The molecule has 0 aliphatic heterocycles. The molecule has 0 saturated carbocycles. The van der Waals surface area contributed by atoms with Crippen molar-refractivity contribution in [1.82, 2.24) is 10.3 Å². The lowest BCUT2D eigenvalue weighted by molar-refractivity contribution is 0.194. The molecular weight excluding hydrogens is 200 g/mol. The third-order valence-electron chi connectivity index (χ3n) is 1.73. The van der Waals surface area contributed by atoms with E-state index in [9.17, 15) is 4.79 Å². The van der Waals surface area contributed by atoms with Crippen molar-refractivity contribution < 1.29 is 9.90 Å². The molecule has 0 radical (unpaired) electrons. The van der Waals surface area contributed by atoms with Crippen molar-refractivity contribution in [3.8, 4) is 0 Å². The maximum Gasteiger partial charge on any atom is 0.405 e. The van der Waals surface area contributed by atoms with E-state index in [1.807, 2.05) is 24.3 Å². The van der Waals surface area contributed by atoms with Crippen molar-refractivity contribution in [2.45, 2.75) is 6.54 Å². The number of nitrogens with one attached hydrogen (secondary N) is 1. The number of carboxylic acid groups (broad SMARTS) is 1. The Morgan fingerprint density at radius 1 is 1.50 bits per heavy atom. The largest absolute Gasteiger partial charge is 0.465 e. The van der Waals surface area contributed by atoms with E-state index in [-0.39, 0.29) is 6.54 Å². The second-order valence-corrected chi connectivity index (χ2v) is 3.85. The van der Waals surface area contributed by atoms with Crippen molar-refractivity contribution in [3.05, 3.63) is 29.3 Å². The van der Waals surface area contributed by atoms with Crippen molar-refractivity contribution >= 4 is 27.6 Å². The Morgan fingerprint density at radius 3 is 3.00 bits per heavy atom. The van der Waals surface area contributed by atoms with Crippen LogP contribution in [-0.4, -0.2) is 16.2 Å². The molecule has 0 aliphatic carbocycles. The molecule has 1 aromatic carbocycles. The highest BCUT2D eigenvalue weighted by molar-refractivity contribution is 7.18. The van der Waals surface area contributed by atoms with E-state index in [1.54, 1.807) is 0 Å². The van der Waals surface area contributed by atoms with Crippen LogP contribution in [0.2, 0.25) is 0 Å². The third kappa shape index (κ3) is 1.82. The Labute approximate surface area is 84.2 Å². The predicted octanol–water partition coefficient (Wildman–Crippen LogP) is 2.06. The van der Waals surface area contributed by atoms with Gasteiger partial charge < -0.3 is 10.4 Å². The summed E-state index contributed by atoms with van der Waals surface area (Å²) in [7, 11) is 0. The van der Waals surface area contributed by atoms with Gasteiger partial charge in [-0.25, -0.2) is 9.78 Å². The summed E-state index contributed by atoms with van der Waals surface area (Å²) in [6, 6.07) is 7.73. The first-order valence-corrected chi connectivity index (χ1v) is 4.88. The molecule has 14 heavy (non-hydrogen) atoms. The number of amides is 1. The van der Waals surface area contributed by atoms with Crippen molar-refractivity contribution in [2.24, 2.45) is 0 Å². The average Bonchev–Trinajstić information content (AvgIpc) is 2.57. The van der Waals surface area contributed by atoms with Gasteiger partial charge in [-0.2, -0.15) is 0 Å². The van der Waals surface area contributed by atoms with Crippen LogP contribution in [0.25, 0.3) is 10.2 Å². The maximum absolute atomic E-state index is 10.3. The summed E-state index contributed by atoms with van der Waals surface area (Å²) in [5.74, 6) is 0. The summed E-state index contributed by atoms with van der Waals surface area (Å²) in [6.45, 7) is 0.272. The molecule has 1 amide bonds. The van der Waals surface area contributed by atoms with Gasteiger partial charge in [0.1, 0.15) is 5.01 Å². The van der Waals surface area contributed by atoms with Gasteiger partial charge in [0.15, 0.2) is 0 Å². The number of hydrogen-bond donors (Lipinski definition) is 2. The molecular formula is C9H8N2O2S. The molecule has 72 valence electrons. The summed E-state index contributed by atoms with van der Waals surface area (Å²) in [6.07, 6.45) is -1.02. The number of fused-ring (bicyclic) bond motifs is 1. The molecule has 2 aromatic rings. The highest BCUT2D eigenvalue weighted by atomic mass is 32.1. The number of rotatable bonds is 2. The van der Waals surface area contributed by atoms with Crippen molar-refractivity contribution in [2.75, 3.05) is 0 Å². The second-order valence-electron chi connectivity index (χ2n) is 2.73. The topological polar surface area (TPSA) is 62.2 Å². The Balaban J connectivity index is 2.22. The number of hydrogen-bond acceptors (Lipinski definition) is 3. The van der Waals surface area contributed by atoms with Gasteiger partial charge in [0.05, 0.1) is 16.8 Å². The van der Waals surface area contributed by atoms with E-state index in [1.165, 1.54) is 11.3 Å². The summed E-state index contributed by atoms with van der Waals surface area (Å²) in [5.41, 5.74) is 0.916. The van der Waals surface area contributed by atoms with Crippen LogP contribution in [0.1, 0.15) is 5.01 Å². The van der Waals surface area contributed by atoms with Crippen LogP contribution in [-0.2, 0) is 6.54 Å². The van der Waals surface area contributed by atoms with Gasteiger partial charge in [-0.3, -0.25) is 0 Å². The smallest absolute Gasteiger partial charge is 0.405 e. The Kier molecular flexibility index (Phi) is 2.32. The Morgan fingerprint density at radius 2 is 2.29 bits per heavy atom. The standard InChI is InChI=1S/C9H8N2O2S/c12-9(13)10-5-8-11-6-3-1-2-4-7(6)14-8/h1-4,10H,5H2,(H,12,13). The molecule has 0 fully saturated rings. The van der Waals surface area contributed by atoms with Gasteiger partial charge in [-0.05, 0) is 12.1 Å². The zero-order valence-electron chi connectivity index (χ0n) is 7.23. The van der Waals surface area contributed by atoms with Crippen LogP contribution in [0, 0.1) is 0 Å². The lowest BCUT2D eigenvalue weighted by Crippen LogP contribution is -2.19. The van der Waals surface area contributed by atoms with Gasteiger partial charge in [0.25, 0.3) is 0 Å². The fourth-order valence-electron chi connectivity index (χ4n) is 1.15. The second kappa shape index (κ2) is 3.63. The van der Waals surface area contributed by atoms with Gasteiger partial charge in [-0.15, -0.1) is 11.3 Å². The van der Waals surface area contributed by atoms with Gasteiger partial charge in [-0.1, -0.05) is 12.1 Å². The van der Waals surface area contributed by atoms with E-state index < -0.39 is 6.09 Å². The number of aromatic nitrogens is 1. The van der Waals surface area contributed by atoms with Crippen LogP contribution >= 0.6 is 11.3 Å². The third-order valence-corrected chi connectivity index (χ3v) is 2.77. The molecule has 2 N–H and O–H groups in total. The summed E-state index contributed by atoms with van der Waals surface area (Å²) >= 11 is 1.50. The van der Waals surface area contributed by atoms with Crippen LogP contribution in [0.15, 0.2) is 24.3 Å². The highest BCUT2D eigenvalue weighted by Gasteiger charge is 2.03. The maximum atomic E-state index is 10.3. The fourth-order valence-corrected chi connectivity index (χ4v) is 2.05. The molecule has 0 saturated heterocycles. The molecule has 5 heteroatoms. The number of benzene rings is 1. The van der Waals surface area contributed by atoms with E-state index in [2.05, 4.69) is 10.3 Å². The Bertz CT molecular complexity index is 434.